The lowest BCUT2D eigenvalue weighted by atomic mass is 9.99. The van der Waals surface area contributed by atoms with Gasteiger partial charge in [-0.1, -0.05) is 34.1 Å². The Morgan fingerprint density at radius 2 is 1.97 bits per heavy atom. The fourth-order valence-corrected chi connectivity index (χ4v) is 3.85. The van der Waals surface area contributed by atoms with Gasteiger partial charge in [-0.15, -0.1) is 0 Å². The predicted octanol–water partition coefficient (Wildman–Crippen LogP) is 3.16. The Labute approximate surface area is 184 Å². The van der Waals surface area contributed by atoms with E-state index in [1.807, 2.05) is 6.07 Å². The summed E-state index contributed by atoms with van der Waals surface area (Å²) in [7, 11) is 1.75. The fourth-order valence-electron chi connectivity index (χ4n) is 3.45. The highest BCUT2D eigenvalue weighted by Crippen LogP contribution is 2.24. The number of hydrogen-bond donors (Lipinski definition) is 3. The van der Waals surface area contributed by atoms with Gasteiger partial charge in [0.2, 0.25) is 5.91 Å². The second-order valence-corrected chi connectivity index (χ2v) is 8.39. The number of nitrogens with zero attached hydrogens (tertiary/aromatic N) is 1. The topological polar surface area (TPSA) is 73.5 Å². The van der Waals surface area contributed by atoms with Crippen LogP contribution < -0.4 is 16.2 Å². The Morgan fingerprint density at radius 1 is 1.20 bits per heavy atom. The lowest BCUT2D eigenvalue weighted by molar-refractivity contribution is -0.128. The number of hydrogen-bond acceptors (Lipinski definition) is 4. The third kappa shape index (κ3) is 6.35. The molecule has 1 heterocycles. The Kier molecular flexibility index (Phi) is 7.95. The van der Waals surface area contributed by atoms with E-state index in [1.54, 1.807) is 42.3 Å². The molecule has 2 aromatic rings. The molecule has 3 N–H and O–H groups in total. The highest BCUT2D eigenvalue weighted by molar-refractivity contribution is 9.10. The van der Waals surface area contributed by atoms with Crippen molar-refractivity contribution in [1.82, 2.24) is 21.1 Å². The largest absolute Gasteiger partial charge is 0.344 e. The minimum atomic E-state index is -0.272. The summed E-state index contributed by atoms with van der Waals surface area (Å²) in [6.45, 7) is 0.586. The maximum Gasteiger partial charge on any atom is 0.251 e. The van der Waals surface area contributed by atoms with E-state index >= 15 is 0 Å². The van der Waals surface area contributed by atoms with Crippen molar-refractivity contribution >= 4 is 27.7 Å². The van der Waals surface area contributed by atoms with Crippen molar-refractivity contribution in [2.75, 3.05) is 20.1 Å². The van der Waals surface area contributed by atoms with Gasteiger partial charge in [-0.3, -0.25) is 20.4 Å². The standard InChI is InChI=1S/C22H26BrFN4O2/c1-28(21(29)14-25-22(30)16-4-2-5-17(23)12-16)11-3-6-19-13-20(27-26-19)15-7-9-18(24)10-8-15/h2,4-5,7-10,12,19-20,26-27H,3,6,11,13-14H2,1H3,(H,25,30). The minimum absolute atomic E-state index is 0.0300. The summed E-state index contributed by atoms with van der Waals surface area (Å²) in [5, 5.41) is 2.67. The van der Waals surface area contributed by atoms with Crippen LogP contribution in [0, 0.1) is 5.82 Å². The minimum Gasteiger partial charge on any atom is -0.344 e. The van der Waals surface area contributed by atoms with Crippen LogP contribution in [0.2, 0.25) is 0 Å². The molecule has 2 unspecified atom stereocenters. The molecule has 8 heteroatoms. The van der Waals surface area contributed by atoms with Crippen LogP contribution in [0.3, 0.4) is 0 Å². The van der Waals surface area contributed by atoms with Gasteiger partial charge in [0.15, 0.2) is 0 Å². The maximum atomic E-state index is 13.1. The summed E-state index contributed by atoms with van der Waals surface area (Å²) < 4.78 is 13.9. The van der Waals surface area contributed by atoms with Crippen molar-refractivity contribution in [2.24, 2.45) is 0 Å². The van der Waals surface area contributed by atoms with Gasteiger partial charge >= 0.3 is 0 Å². The molecule has 6 nitrogen and oxygen atoms in total. The fraction of sp³-hybridized carbons (Fsp3) is 0.364. The molecular formula is C22H26BrFN4O2. The van der Waals surface area contributed by atoms with E-state index in [2.05, 4.69) is 32.1 Å². The molecule has 0 spiro atoms. The van der Waals surface area contributed by atoms with Gasteiger partial charge in [-0.2, -0.15) is 0 Å². The first-order valence-electron chi connectivity index (χ1n) is 9.96. The number of likely N-dealkylation sites (N-methyl/N-ethyl adjacent to an activating group) is 1. The van der Waals surface area contributed by atoms with Gasteiger partial charge in [0.05, 0.1) is 6.54 Å². The van der Waals surface area contributed by atoms with Crippen LogP contribution in [0.1, 0.15) is 41.2 Å². The highest BCUT2D eigenvalue weighted by atomic mass is 79.9. The first kappa shape index (κ1) is 22.4. The third-order valence-electron chi connectivity index (χ3n) is 5.21. The molecule has 0 radical (unpaired) electrons. The molecule has 1 fully saturated rings. The van der Waals surface area contributed by atoms with E-state index in [9.17, 15) is 14.0 Å². The number of benzene rings is 2. The molecule has 1 saturated heterocycles. The van der Waals surface area contributed by atoms with Crippen LogP contribution >= 0.6 is 15.9 Å². The number of carbonyl (C=O) groups is 2. The van der Waals surface area contributed by atoms with Crippen LogP contribution in [0.25, 0.3) is 0 Å². The summed E-state index contributed by atoms with van der Waals surface area (Å²) in [6.07, 6.45) is 2.66. The second kappa shape index (κ2) is 10.7. The van der Waals surface area contributed by atoms with Gasteiger partial charge in [0, 0.05) is 35.7 Å². The molecule has 3 rings (SSSR count). The molecule has 0 aromatic heterocycles. The van der Waals surface area contributed by atoms with E-state index in [0.29, 0.717) is 18.2 Å². The normalized spacial score (nSPS) is 18.2. The Morgan fingerprint density at radius 3 is 2.70 bits per heavy atom. The average molecular weight is 477 g/mol. The Hall–Kier alpha value is -2.29. The number of hydrazine groups is 1. The van der Waals surface area contributed by atoms with Gasteiger partial charge in [0.1, 0.15) is 5.82 Å². The highest BCUT2D eigenvalue weighted by Gasteiger charge is 2.24. The zero-order valence-corrected chi connectivity index (χ0v) is 18.4. The molecule has 1 aliphatic rings. The van der Waals surface area contributed by atoms with Crippen LogP contribution in [0.15, 0.2) is 53.0 Å². The summed E-state index contributed by atoms with van der Waals surface area (Å²) in [5.74, 6) is -0.632. The van der Waals surface area contributed by atoms with Crippen LogP contribution in [0.5, 0.6) is 0 Å². The number of halogens is 2. The van der Waals surface area contributed by atoms with E-state index in [0.717, 1.165) is 29.3 Å². The lowest BCUT2D eigenvalue weighted by Crippen LogP contribution is -2.39. The van der Waals surface area contributed by atoms with Crippen molar-refractivity contribution in [1.29, 1.82) is 0 Å². The monoisotopic (exact) mass is 476 g/mol. The van der Waals surface area contributed by atoms with Crippen LogP contribution in [-0.2, 0) is 4.79 Å². The number of rotatable bonds is 8. The van der Waals surface area contributed by atoms with Crippen molar-refractivity contribution in [3.63, 3.8) is 0 Å². The smallest absolute Gasteiger partial charge is 0.251 e. The second-order valence-electron chi connectivity index (χ2n) is 7.48. The quantitative estimate of drug-likeness (QED) is 0.546. The zero-order chi connectivity index (χ0) is 21.5. The summed E-state index contributed by atoms with van der Waals surface area (Å²) in [4.78, 5) is 26.1. The lowest BCUT2D eigenvalue weighted by Gasteiger charge is -2.18. The Balaban J connectivity index is 1.35. The summed E-state index contributed by atoms with van der Waals surface area (Å²) in [6, 6.07) is 14.0. The van der Waals surface area contributed by atoms with Crippen molar-refractivity contribution < 1.29 is 14.0 Å². The Bertz CT molecular complexity index is 878. The van der Waals surface area contributed by atoms with Crippen molar-refractivity contribution in [2.45, 2.75) is 31.3 Å². The molecule has 30 heavy (non-hydrogen) atoms. The van der Waals surface area contributed by atoms with Crippen molar-refractivity contribution in [3.05, 3.63) is 69.9 Å². The number of amides is 2. The van der Waals surface area contributed by atoms with Crippen LogP contribution in [0.4, 0.5) is 4.39 Å². The molecule has 2 aromatic carbocycles. The van der Waals surface area contributed by atoms with Crippen molar-refractivity contribution in [3.8, 4) is 0 Å². The van der Waals surface area contributed by atoms with E-state index in [4.69, 9.17) is 0 Å². The number of nitrogens with one attached hydrogen (secondary N) is 3. The van der Waals surface area contributed by atoms with Gasteiger partial charge in [-0.05, 0) is 55.2 Å². The first-order chi connectivity index (χ1) is 14.4. The number of carbonyl (C=O) groups excluding carboxylic acids is 2. The molecule has 2 amide bonds. The SMILES string of the molecule is CN(CCCC1CC(c2ccc(F)cc2)NN1)C(=O)CNC(=O)c1cccc(Br)c1. The molecule has 1 aliphatic heterocycles. The first-order valence-corrected chi connectivity index (χ1v) is 10.8. The van der Waals surface area contributed by atoms with Gasteiger partial charge in [-0.25, -0.2) is 4.39 Å². The molecule has 0 saturated carbocycles. The van der Waals surface area contributed by atoms with Gasteiger partial charge < -0.3 is 10.2 Å². The molecule has 2 atom stereocenters. The average Bonchev–Trinajstić information content (AvgIpc) is 3.21. The van der Waals surface area contributed by atoms with E-state index in [1.165, 1.54) is 12.1 Å². The molecule has 160 valence electrons. The zero-order valence-electron chi connectivity index (χ0n) is 16.8. The summed E-state index contributed by atoms with van der Waals surface area (Å²) in [5.41, 5.74) is 8.09. The molecule has 0 bridgehead atoms. The predicted molar refractivity (Wildman–Crippen MR) is 117 cm³/mol. The van der Waals surface area contributed by atoms with Gasteiger partial charge in [0.25, 0.3) is 5.91 Å². The summed E-state index contributed by atoms with van der Waals surface area (Å²) >= 11 is 3.33. The van der Waals surface area contributed by atoms with E-state index < -0.39 is 0 Å². The molecular weight excluding hydrogens is 451 g/mol. The van der Waals surface area contributed by atoms with Crippen LogP contribution in [-0.4, -0.2) is 42.9 Å². The molecule has 0 aliphatic carbocycles. The van der Waals surface area contributed by atoms with E-state index in [-0.39, 0.29) is 30.2 Å². The maximum absolute atomic E-state index is 13.1. The third-order valence-corrected chi connectivity index (χ3v) is 5.71.